The topological polar surface area (TPSA) is 62.5 Å². The number of rotatable bonds is 7. The average molecular weight is 470 g/mol. The second-order valence-corrected chi connectivity index (χ2v) is 6.76. The van der Waals surface area contributed by atoms with Crippen LogP contribution in [0.1, 0.15) is 62.1 Å². The van der Waals surface area contributed by atoms with Crippen molar-refractivity contribution in [2.45, 2.75) is 53.0 Å². The van der Waals surface area contributed by atoms with Crippen LogP contribution >= 0.6 is 24.0 Å². The van der Waals surface area contributed by atoms with Gasteiger partial charge < -0.3 is 15.2 Å². The Kier molecular flexibility index (Phi) is 9.69. The quantitative estimate of drug-likeness (QED) is 0.353. The molecule has 0 aliphatic rings. The molecule has 0 saturated heterocycles. The molecule has 0 aliphatic heterocycles. The predicted molar refractivity (Wildman–Crippen MR) is 118 cm³/mol. The first-order valence-corrected chi connectivity index (χ1v) is 9.03. The highest BCUT2D eigenvalue weighted by Gasteiger charge is 2.09. The maximum Gasteiger partial charge on any atom is 0.191 e. The van der Waals surface area contributed by atoms with E-state index in [9.17, 15) is 0 Å². The molecule has 0 aliphatic carbocycles. The highest BCUT2D eigenvalue weighted by atomic mass is 127. The normalized spacial score (nSPS) is 12.6. The molecule has 1 aromatic heterocycles. The zero-order valence-electron chi connectivity index (χ0n) is 16.4. The minimum atomic E-state index is 0. The summed E-state index contributed by atoms with van der Waals surface area (Å²) in [6, 6.07) is 10.7. The van der Waals surface area contributed by atoms with Gasteiger partial charge in [0.05, 0.1) is 5.69 Å². The summed E-state index contributed by atoms with van der Waals surface area (Å²) in [5.41, 5.74) is 3.58. The van der Waals surface area contributed by atoms with Crippen LogP contribution in [0.25, 0.3) is 0 Å². The summed E-state index contributed by atoms with van der Waals surface area (Å²) in [7, 11) is 0. The number of hydrogen-bond donors (Lipinski definition) is 2. The molecule has 0 saturated carbocycles. The van der Waals surface area contributed by atoms with Crippen LogP contribution in [0.4, 0.5) is 0 Å². The van der Waals surface area contributed by atoms with Gasteiger partial charge in [0.1, 0.15) is 6.54 Å². The lowest BCUT2D eigenvalue weighted by atomic mass is 10.0. The second-order valence-electron chi connectivity index (χ2n) is 6.76. The molecule has 144 valence electrons. The summed E-state index contributed by atoms with van der Waals surface area (Å²) in [4.78, 5) is 4.60. The Labute approximate surface area is 174 Å². The molecule has 0 radical (unpaired) electrons. The summed E-state index contributed by atoms with van der Waals surface area (Å²) in [5.74, 6) is 2.35. The van der Waals surface area contributed by atoms with E-state index in [-0.39, 0.29) is 24.0 Å². The van der Waals surface area contributed by atoms with E-state index in [0.29, 0.717) is 18.4 Å². The fourth-order valence-corrected chi connectivity index (χ4v) is 2.44. The minimum absolute atomic E-state index is 0. The maximum absolute atomic E-state index is 5.35. The van der Waals surface area contributed by atoms with Crippen LogP contribution in [0.2, 0.25) is 0 Å². The van der Waals surface area contributed by atoms with Gasteiger partial charge in [0, 0.05) is 19.2 Å². The van der Waals surface area contributed by atoms with Gasteiger partial charge in [-0.2, -0.15) is 0 Å². The van der Waals surface area contributed by atoms with Gasteiger partial charge in [0.2, 0.25) is 0 Å². The summed E-state index contributed by atoms with van der Waals surface area (Å²) >= 11 is 0. The molecule has 1 aromatic carbocycles. The summed E-state index contributed by atoms with van der Waals surface area (Å²) in [6.45, 7) is 12.7. The van der Waals surface area contributed by atoms with Crippen molar-refractivity contribution in [1.29, 1.82) is 0 Å². The third-order valence-corrected chi connectivity index (χ3v) is 4.13. The van der Waals surface area contributed by atoms with Gasteiger partial charge in [-0.3, -0.25) is 0 Å². The van der Waals surface area contributed by atoms with Crippen LogP contribution in [0.15, 0.2) is 39.8 Å². The van der Waals surface area contributed by atoms with Crippen molar-refractivity contribution in [2.24, 2.45) is 4.99 Å². The summed E-state index contributed by atoms with van der Waals surface area (Å²) in [6.07, 6.45) is 0. The van der Waals surface area contributed by atoms with Gasteiger partial charge >= 0.3 is 0 Å². The number of halogens is 1. The highest BCUT2D eigenvalue weighted by molar-refractivity contribution is 14.0. The molecule has 1 unspecified atom stereocenters. The van der Waals surface area contributed by atoms with Crippen molar-refractivity contribution in [3.05, 3.63) is 52.9 Å². The van der Waals surface area contributed by atoms with E-state index in [2.05, 4.69) is 79.7 Å². The van der Waals surface area contributed by atoms with Gasteiger partial charge in [-0.1, -0.05) is 55.8 Å². The van der Waals surface area contributed by atoms with Gasteiger partial charge in [-0.05, 0) is 31.2 Å². The zero-order chi connectivity index (χ0) is 18.2. The Hall–Kier alpha value is -1.57. The molecular weight excluding hydrogens is 439 g/mol. The number of hydrogen-bond acceptors (Lipinski definition) is 3. The lowest BCUT2D eigenvalue weighted by Gasteiger charge is -2.16. The fraction of sp³-hybridized carbons (Fsp3) is 0.500. The molecule has 2 aromatic rings. The average Bonchev–Trinajstić information content (AvgIpc) is 3.07. The van der Waals surface area contributed by atoms with Gasteiger partial charge in [0.25, 0.3) is 0 Å². The zero-order valence-corrected chi connectivity index (χ0v) is 18.7. The van der Waals surface area contributed by atoms with Crippen molar-refractivity contribution in [3.63, 3.8) is 0 Å². The standard InChI is InChI=1S/C20H30N4O.HI/c1-6-21-20(23-13-18-11-19(14(2)3)24-25-18)22-12-16(5)17-9-7-15(4)8-10-17;/h7-11,14,16H,6,12-13H2,1-5H3,(H2,21,22,23);1H. The Morgan fingerprint density at radius 1 is 1.15 bits per heavy atom. The van der Waals surface area contributed by atoms with Crippen molar-refractivity contribution in [2.75, 3.05) is 13.1 Å². The van der Waals surface area contributed by atoms with Crippen LogP contribution in [0.5, 0.6) is 0 Å². The Bertz CT molecular complexity index is 679. The second kappa shape index (κ2) is 11.2. The molecular formula is C20H31IN4O. The lowest BCUT2D eigenvalue weighted by molar-refractivity contribution is 0.376. The first-order valence-electron chi connectivity index (χ1n) is 9.03. The molecule has 1 atom stereocenters. The van der Waals surface area contributed by atoms with Crippen molar-refractivity contribution >= 4 is 29.9 Å². The third-order valence-electron chi connectivity index (χ3n) is 4.13. The van der Waals surface area contributed by atoms with Crippen molar-refractivity contribution in [3.8, 4) is 0 Å². The fourth-order valence-electron chi connectivity index (χ4n) is 2.44. The van der Waals surface area contributed by atoms with Gasteiger partial charge in [-0.25, -0.2) is 4.99 Å². The predicted octanol–water partition coefficient (Wildman–Crippen LogP) is 4.58. The number of aryl methyl sites for hydroxylation is 1. The molecule has 6 heteroatoms. The third kappa shape index (κ3) is 6.97. The molecule has 0 spiro atoms. The monoisotopic (exact) mass is 470 g/mol. The van der Waals surface area contributed by atoms with Gasteiger partial charge in [-0.15, -0.1) is 24.0 Å². The van der Waals surface area contributed by atoms with Crippen LogP contribution in [-0.2, 0) is 6.54 Å². The van der Waals surface area contributed by atoms with E-state index in [1.54, 1.807) is 0 Å². The van der Waals surface area contributed by atoms with E-state index in [4.69, 9.17) is 4.52 Å². The van der Waals surface area contributed by atoms with Crippen LogP contribution < -0.4 is 10.6 Å². The van der Waals surface area contributed by atoms with Crippen molar-refractivity contribution < 1.29 is 4.52 Å². The maximum atomic E-state index is 5.35. The number of guanidine groups is 1. The number of benzene rings is 1. The van der Waals surface area contributed by atoms with Crippen LogP contribution in [0.3, 0.4) is 0 Å². The molecule has 1 heterocycles. The van der Waals surface area contributed by atoms with E-state index < -0.39 is 0 Å². The van der Waals surface area contributed by atoms with Crippen molar-refractivity contribution in [1.82, 2.24) is 15.8 Å². The number of aliphatic imine (C=N–C) groups is 1. The van der Waals surface area contributed by atoms with E-state index in [0.717, 1.165) is 30.5 Å². The van der Waals surface area contributed by atoms with Gasteiger partial charge in [0.15, 0.2) is 11.7 Å². The molecule has 26 heavy (non-hydrogen) atoms. The summed E-state index contributed by atoms with van der Waals surface area (Å²) in [5, 5.41) is 10.8. The molecule has 0 fully saturated rings. The van der Waals surface area contributed by atoms with E-state index in [1.165, 1.54) is 11.1 Å². The SMILES string of the molecule is CCNC(=NCc1cc(C(C)C)no1)NCC(C)c1ccc(C)cc1.I. The first kappa shape index (κ1) is 22.5. The van der Waals surface area contributed by atoms with E-state index in [1.807, 2.05) is 6.07 Å². The summed E-state index contributed by atoms with van der Waals surface area (Å²) < 4.78 is 5.35. The first-order chi connectivity index (χ1) is 12.0. The number of aromatic nitrogens is 1. The molecule has 0 bridgehead atoms. The minimum Gasteiger partial charge on any atom is -0.359 e. The highest BCUT2D eigenvalue weighted by Crippen LogP contribution is 2.15. The van der Waals surface area contributed by atoms with Crippen LogP contribution in [-0.4, -0.2) is 24.2 Å². The molecule has 2 rings (SSSR count). The smallest absolute Gasteiger partial charge is 0.191 e. The molecule has 5 nitrogen and oxygen atoms in total. The van der Waals surface area contributed by atoms with Crippen LogP contribution in [0, 0.1) is 6.92 Å². The Morgan fingerprint density at radius 2 is 1.85 bits per heavy atom. The van der Waals surface area contributed by atoms with E-state index >= 15 is 0 Å². The lowest BCUT2D eigenvalue weighted by Crippen LogP contribution is -2.39. The molecule has 2 N–H and O–H groups in total. The Balaban J connectivity index is 0.00000338. The largest absolute Gasteiger partial charge is 0.359 e. The molecule has 0 amide bonds. The number of nitrogens with zero attached hydrogens (tertiary/aromatic N) is 2. The Morgan fingerprint density at radius 3 is 2.42 bits per heavy atom. The number of nitrogens with one attached hydrogen (secondary N) is 2.